The maximum Gasteiger partial charge on any atom is 0.251 e. The van der Waals surface area contributed by atoms with Crippen LogP contribution in [0, 0.1) is 6.92 Å². The van der Waals surface area contributed by atoms with Gasteiger partial charge in [-0.25, -0.2) is 4.68 Å². The van der Waals surface area contributed by atoms with E-state index in [1.165, 1.54) is 6.33 Å². The summed E-state index contributed by atoms with van der Waals surface area (Å²) < 4.78 is 7.64. The van der Waals surface area contributed by atoms with E-state index >= 15 is 0 Å². The van der Waals surface area contributed by atoms with Crippen molar-refractivity contribution in [3.63, 3.8) is 0 Å². The summed E-state index contributed by atoms with van der Waals surface area (Å²) in [7, 11) is 1.89. The van der Waals surface area contributed by atoms with Crippen LogP contribution in [0.3, 0.4) is 0 Å². The molecule has 0 bridgehead atoms. The molecule has 0 saturated heterocycles. The van der Waals surface area contributed by atoms with Crippen molar-refractivity contribution in [2.75, 3.05) is 11.9 Å². The fourth-order valence-electron chi connectivity index (χ4n) is 3.52. The standard InChI is InChI=1S/C19H21N5O2/c1-11-14-7-5-6-8-15(14)26-16(11)9-20-18(25)17-12(2)23(4)19-21-10-22-24(19)13(17)3/h5-8,10,13H,9H2,1-4H3,(H,20,25). The van der Waals surface area contributed by atoms with E-state index in [1.54, 1.807) is 4.68 Å². The molecular weight excluding hydrogens is 330 g/mol. The van der Waals surface area contributed by atoms with E-state index in [0.717, 1.165) is 33.9 Å². The molecule has 1 unspecified atom stereocenters. The van der Waals surface area contributed by atoms with Gasteiger partial charge in [0.1, 0.15) is 17.7 Å². The molecule has 0 fully saturated rings. The van der Waals surface area contributed by atoms with Gasteiger partial charge in [0, 0.05) is 23.7 Å². The summed E-state index contributed by atoms with van der Waals surface area (Å²) in [5.74, 6) is 1.39. The minimum Gasteiger partial charge on any atom is -0.459 e. The van der Waals surface area contributed by atoms with Gasteiger partial charge in [0.25, 0.3) is 5.91 Å². The van der Waals surface area contributed by atoms with Crippen LogP contribution in [-0.4, -0.2) is 27.7 Å². The molecule has 7 nitrogen and oxygen atoms in total. The summed E-state index contributed by atoms with van der Waals surface area (Å²) in [4.78, 5) is 19.0. The number of furan rings is 1. The second kappa shape index (κ2) is 6.01. The second-order valence-corrected chi connectivity index (χ2v) is 6.57. The number of nitrogens with one attached hydrogen (secondary N) is 1. The lowest BCUT2D eigenvalue weighted by atomic mass is 10.0. The highest BCUT2D eigenvalue weighted by Gasteiger charge is 2.31. The Morgan fingerprint density at radius 3 is 2.85 bits per heavy atom. The fourth-order valence-corrected chi connectivity index (χ4v) is 3.52. The monoisotopic (exact) mass is 351 g/mol. The van der Waals surface area contributed by atoms with Gasteiger partial charge in [-0.2, -0.15) is 10.1 Å². The van der Waals surface area contributed by atoms with Crippen molar-refractivity contribution in [1.82, 2.24) is 20.1 Å². The van der Waals surface area contributed by atoms with E-state index in [9.17, 15) is 4.79 Å². The molecule has 26 heavy (non-hydrogen) atoms. The highest BCUT2D eigenvalue weighted by atomic mass is 16.3. The molecule has 2 aromatic heterocycles. The summed E-state index contributed by atoms with van der Waals surface area (Å²) >= 11 is 0. The highest BCUT2D eigenvalue weighted by Crippen LogP contribution is 2.32. The van der Waals surface area contributed by atoms with Crippen LogP contribution in [0.5, 0.6) is 0 Å². The first kappa shape index (κ1) is 16.4. The molecule has 1 aliphatic rings. The van der Waals surface area contributed by atoms with Crippen molar-refractivity contribution in [2.45, 2.75) is 33.4 Å². The van der Waals surface area contributed by atoms with Gasteiger partial charge in [-0.1, -0.05) is 18.2 Å². The summed E-state index contributed by atoms with van der Waals surface area (Å²) in [6.07, 6.45) is 1.51. The van der Waals surface area contributed by atoms with Crippen LogP contribution >= 0.6 is 0 Å². The maximum atomic E-state index is 12.9. The third-order valence-corrected chi connectivity index (χ3v) is 5.13. The van der Waals surface area contributed by atoms with Crippen LogP contribution < -0.4 is 10.2 Å². The third-order valence-electron chi connectivity index (χ3n) is 5.13. The number of hydrogen-bond donors (Lipinski definition) is 1. The van der Waals surface area contributed by atoms with Crippen molar-refractivity contribution in [1.29, 1.82) is 0 Å². The number of aromatic nitrogens is 3. The molecule has 1 N–H and O–H groups in total. The summed E-state index contributed by atoms with van der Waals surface area (Å²) in [5.41, 5.74) is 3.44. The molecule has 7 heteroatoms. The van der Waals surface area contributed by atoms with Gasteiger partial charge >= 0.3 is 0 Å². The molecular formula is C19H21N5O2. The Bertz CT molecular complexity index is 1030. The van der Waals surface area contributed by atoms with Crippen LogP contribution in [0.2, 0.25) is 0 Å². The van der Waals surface area contributed by atoms with Crippen LogP contribution in [-0.2, 0) is 11.3 Å². The molecule has 0 radical (unpaired) electrons. The SMILES string of the molecule is CC1=C(C(=O)NCc2oc3ccccc3c2C)C(C)n2ncnc2N1C. The number of carbonyl (C=O) groups is 1. The lowest BCUT2D eigenvalue weighted by Gasteiger charge is -2.31. The lowest BCUT2D eigenvalue weighted by molar-refractivity contribution is -0.118. The van der Waals surface area contributed by atoms with Gasteiger partial charge in [-0.3, -0.25) is 4.79 Å². The van der Waals surface area contributed by atoms with Gasteiger partial charge in [0.15, 0.2) is 0 Å². The number of benzene rings is 1. The highest BCUT2D eigenvalue weighted by molar-refractivity contribution is 5.96. The predicted octanol–water partition coefficient (Wildman–Crippen LogP) is 2.93. The Kier molecular flexibility index (Phi) is 3.79. The van der Waals surface area contributed by atoms with Crippen molar-refractivity contribution in [2.24, 2.45) is 0 Å². The minimum atomic E-state index is -0.180. The van der Waals surface area contributed by atoms with Crippen molar-refractivity contribution in [3.05, 3.63) is 53.2 Å². The molecule has 0 saturated carbocycles. The smallest absolute Gasteiger partial charge is 0.251 e. The number of anilines is 1. The number of nitrogens with zero attached hydrogens (tertiary/aromatic N) is 4. The second-order valence-electron chi connectivity index (χ2n) is 6.57. The molecule has 1 atom stereocenters. The Balaban J connectivity index is 1.58. The number of para-hydroxylation sites is 1. The Labute approximate surface area is 151 Å². The molecule has 4 rings (SSSR count). The van der Waals surface area contributed by atoms with Gasteiger partial charge in [-0.05, 0) is 26.8 Å². The summed E-state index contributed by atoms with van der Waals surface area (Å²) in [5, 5.41) is 8.32. The zero-order valence-corrected chi connectivity index (χ0v) is 15.3. The maximum absolute atomic E-state index is 12.9. The number of rotatable bonds is 3. The largest absolute Gasteiger partial charge is 0.459 e. The van der Waals surface area contributed by atoms with E-state index in [1.807, 2.05) is 57.0 Å². The number of amides is 1. The van der Waals surface area contributed by atoms with E-state index < -0.39 is 0 Å². The van der Waals surface area contributed by atoms with Gasteiger partial charge < -0.3 is 14.6 Å². The summed E-state index contributed by atoms with van der Waals surface area (Å²) in [6, 6.07) is 7.70. The van der Waals surface area contributed by atoms with Gasteiger partial charge in [0.05, 0.1) is 18.2 Å². The van der Waals surface area contributed by atoms with Crippen LogP contribution in [0.25, 0.3) is 11.0 Å². The minimum absolute atomic E-state index is 0.122. The van der Waals surface area contributed by atoms with Gasteiger partial charge in [0.2, 0.25) is 5.95 Å². The first-order valence-corrected chi connectivity index (χ1v) is 8.58. The number of carbonyl (C=O) groups excluding carboxylic acids is 1. The molecule has 0 spiro atoms. The molecule has 3 heterocycles. The predicted molar refractivity (Wildman–Crippen MR) is 98.6 cm³/mol. The first-order valence-electron chi connectivity index (χ1n) is 8.58. The quantitative estimate of drug-likeness (QED) is 0.785. The Morgan fingerprint density at radius 2 is 2.08 bits per heavy atom. The topological polar surface area (TPSA) is 76.2 Å². The molecule has 1 aliphatic heterocycles. The summed E-state index contributed by atoms with van der Waals surface area (Å²) in [6.45, 7) is 6.24. The third kappa shape index (κ3) is 2.39. The molecule has 1 amide bonds. The average Bonchev–Trinajstić information content (AvgIpc) is 3.24. The van der Waals surface area contributed by atoms with Crippen molar-refractivity contribution in [3.8, 4) is 0 Å². The van der Waals surface area contributed by atoms with Crippen molar-refractivity contribution < 1.29 is 9.21 Å². The number of fused-ring (bicyclic) bond motifs is 2. The van der Waals surface area contributed by atoms with E-state index in [0.29, 0.717) is 12.1 Å². The Morgan fingerprint density at radius 1 is 1.31 bits per heavy atom. The van der Waals surface area contributed by atoms with E-state index in [4.69, 9.17) is 4.42 Å². The fraction of sp³-hybridized carbons (Fsp3) is 0.316. The normalized spacial score (nSPS) is 16.9. The van der Waals surface area contributed by atoms with Gasteiger partial charge in [-0.15, -0.1) is 0 Å². The number of allylic oxidation sites excluding steroid dienone is 1. The molecule has 134 valence electrons. The van der Waals surface area contributed by atoms with Crippen LogP contribution in [0.4, 0.5) is 5.95 Å². The number of aryl methyl sites for hydroxylation is 1. The number of hydrogen-bond acceptors (Lipinski definition) is 5. The van der Waals surface area contributed by atoms with Crippen molar-refractivity contribution >= 4 is 22.8 Å². The average molecular weight is 351 g/mol. The zero-order chi connectivity index (χ0) is 18.4. The molecule has 0 aliphatic carbocycles. The van der Waals surface area contributed by atoms with E-state index in [2.05, 4.69) is 15.4 Å². The zero-order valence-electron chi connectivity index (χ0n) is 15.3. The van der Waals surface area contributed by atoms with E-state index in [-0.39, 0.29) is 11.9 Å². The molecule has 3 aromatic rings. The Hall–Kier alpha value is -3.09. The molecule has 1 aromatic carbocycles. The van der Waals surface area contributed by atoms with Crippen LogP contribution in [0.1, 0.15) is 31.2 Å². The lowest BCUT2D eigenvalue weighted by Crippen LogP contribution is -2.36. The first-order chi connectivity index (χ1) is 12.5. The van der Waals surface area contributed by atoms with Crippen LogP contribution in [0.15, 0.2) is 46.3 Å².